The summed E-state index contributed by atoms with van der Waals surface area (Å²) in [6.07, 6.45) is -1.27. The molecule has 0 aliphatic rings. The second-order valence-electron chi connectivity index (χ2n) is 2.59. The van der Waals surface area contributed by atoms with Crippen molar-refractivity contribution in [2.75, 3.05) is 6.67 Å². The van der Waals surface area contributed by atoms with Crippen LogP contribution in [0.4, 0.5) is 26.3 Å². The third-order valence-electron chi connectivity index (χ3n) is 1.57. The van der Waals surface area contributed by atoms with Gasteiger partial charge in [-0.25, -0.2) is 4.39 Å². The fourth-order valence-corrected chi connectivity index (χ4v) is 0.616. The smallest absolute Gasteiger partial charge is 0.251 e. The summed E-state index contributed by atoms with van der Waals surface area (Å²) in [6, 6.07) is 0. The molecule has 0 bridgehead atoms. The molecule has 0 saturated heterocycles. The number of hydrogen-bond donors (Lipinski definition) is 0. The van der Waals surface area contributed by atoms with Gasteiger partial charge in [-0.3, -0.25) is 4.39 Å². The highest BCUT2D eigenvalue weighted by Crippen LogP contribution is 2.41. The molecule has 0 amide bonds. The van der Waals surface area contributed by atoms with Crippen molar-refractivity contribution < 1.29 is 26.3 Å². The van der Waals surface area contributed by atoms with Crippen LogP contribution in [0.2, 0.25) is 0 Å². The standard InChI is InChI=1S/C7H8F6/c1-5(4-9)7(12,13)6(10,11)2-3-8/h2-3,5H,4H2,1H3. The van der Waals surface area contributed by atoms with Crippen molar-refractivity contribution in [3.05, 3.63) is 12.4 Å². The van der Waals surface area contributed by atoms with E-state index in [1.54, 1.807) is 0 Å². The van der Waals surface area contributed by atoms with Crippen LogP contribution in [0.5, 0.6) is 0 Å². The van der Waals surface area contributed by atoms with Gasteiger partial charge in [-0.15, -0.1) is 0 Å². The maximum Gasteiger partial charge on any atom is 0.331 e. The largest absolute Gasteiger partial charge is 0.331 e. The van der Waals surface area contributed by atoms with Gasteiger partial charge >= 0.3 is 11.8 Å². The van der Waals surface area contributed by atoms with E-state index in [1.807, 2.05) is 0 Å². The van der Waals surface area contributed by atoms with E-state index in [1.165, 1.54) is 0 Å². The molecule has 0 rings (SSSR count). The zero-order chi connectivity index (χ0) is 10.7. The van der Waals surface area contributed by atoms with Crippen LogP contribution in [-0.2, 0) is 0 Å². The summed E-state index contributed by atoms with van der Waals surface area (Å²) >= 11 is 0. The van der Waals surface area contributed by atoms with E-state index in [0.717, 1.165) is 0 Å². The Morgan fingerprint density at radius 1 is 1.23 bits per heavy atom. The predicted octanol–water partition coefficient (Wildman–Crippen LogP) is 3.35. The number of rotatable bonds is 4. The highest BCUT2D eigenvalue weighted by atomic mass is 19.3. The molecular formula is C7H8F6. The molecule has 0 aromatic carbocycles. The van der Waals surface area contributed by atoms with Crippen LogP contribution in [0.15, 0.2) is 12.4 Å². The molecule has 0 aromatic heterocycles. The van der Waals surface area contributed by atoms with Gasteiger partial charge in [0.15, 0.2) is 0 Å². The minimum absolute atomic E-state index is 0.584. The monoisotopic (exact) mass is 206 g/mol. The first-order valence-corrected chi connectivity index (χ1v) is 3.39. The molecule has 1 unspecified atom stereocenters. The van der Waals surface area contributed by atoms with Crippen LogP contribution in [0.25, 0.3) is 0 Å². The minimum atomic E-state index is -4.66. The Morgan fingerprint density at radius 3 is 2.00 bits per heavy atom. The first-order chi connectivity index (χ1) is 5.79. The Morgan fingerprint density at radius 2 is 1.69 bits per heavy atom. The third kappa shape index (κ3) is 2.38. The third-order valence-corrected chi connectivity index (χ3v) is 1.57. The van der Waals surface area contributed by atoms with E-state index < -0.39 is 36.8 Å². The van der Waals surface area contributed by atoms with Crippen molar-refractivity contribution >= 4 is 0 Å². The summed E-state index contributed by atoms with van der Waals surface area (Å²) in [7, 11) is 0. The number of hydrogen-bond acceptors (Lipinski definition) is 0. The summed E-state index contributed by atoms with van der Waals surface area (Å²) in [6.45, 7) is -0.970. The van der Waals surface area contributed by atoms with Gasteiger partial charge in [0.05, 0.1) is 18.9 Å². The molecule has 0 aliphatic heterocycles. The number of alkyl halides is 5. The van der Waals surface area contributed by atoms with Gasteiger partial charge in [0.2, 0.25) is 0 Å². The molecule has 1 atom stereocenters. The lowest BCUT2D eigenvalue weighted by Crippen LogP contribution is -2.44. The Hall–Kier alpha value is -0.680. The lowest BCUT2D eigenvalue weighted by Gasteiger charge is -2.27. The van der Waals surface area contributed by atoms with Crippen molar-refractivity contribution in [2.45, 2.75) is 18.8 Å². The zero-order valence-electron chi connectivity index (χ0n) is 6.71. The van der Waals surface area contributed by atoms with Gasteiger partial charge in [0.1, 0.15) is 0 Å². The van der Waals surface area contributed by atoms with Crippen molar-refractivity contribution in [3.63, 3.8) is 0 Å². The van der Waals surface area contributed by atoms with Crippen molar-refractivity contribution in [3.8, 4) is 0 Å². The number of allylic oxidation sites excluding steroid dienone is 1. The molecule has 0 N–H and O–H groups in total. The van der Waals surface area contributed by atoms with E-state index in [0.29, 0.717) is 6.92 Å². The van der Waals surface area contributed by atoms with E-state index in [4.69, 9.17) is 0 Å². The second kappa shape index (κ2) is 4.02. The molecular weight excluding hydrogens is 198 g/mol. The maximum atomic E-state index is 12.6. The maximum absolute atomic E-state index is 12.6. The molecule has 0 heterocycles. The molecule has 0 fully saturated rings. The normalized spacial score (nSPS) is 16.5. The van der Waals surface area contributed by atoms with E-state index >= 15 is 0 Å². The summed E-state index contributed by atoms with van der Waals surface area (Å²) in [5.41, 5.74) is 0. The van der Waals surface area contributed by atoms with Gasteiger partial charge in [0, 0.05) is 6.08 Å². The zero-order valence-corrected chi connectivity index (χ0v) is 6.71. The highest BCUT2D eigenvalue weighted by molar-refractivity contribution is 5.02. The fraction of sp³-hybridized carbons (Fsp3) is 0.714. The van der Waals surface area contributed by atoms with Crippen LogP contribution >= 0.6 is 0 Å². The van der Waals surface area contributed by atoms with Crippen LogP contribution in [0.1, 0.15) is 6.92 Å². The van der Waals surface area contributed by atoms with Crippen LogP contribution < -0.4 is 0 Å². The molecule has 0 radical (unpaired) electrons. The topological polar surface area (TPSA) is 0 Å². The van der Waals surface area contributed by atoms with Gasteiger partial charge < -0.3 is 0 Å². The first kappa shape index (κ1) is 12.3. The molecule has 78 valence electrons. The van der Waals surface area contributed by atoms with Gasteiger partial charge in [-0.05, 0) is 0 Å². The van der Waals surface area contributed by atoms with Crippen molar-refractivity contribution in [1.82, 2.24) is 0 Å². The SMILES string of the molecule is CC(CF)C(F)(F)C(F)(F)C=CF. The Kier molecular flexibility index (Phi) is 3.81. The molecule has 0 nitrogen and oxygen atoms in total. The second-order valence-corrected chi connectivity index (χ2v) is 2.59. The lowest BCUT2D eigenvalue weighted by molar-refractivity contribution is -0.209. The quantitative estimate of drug-likeness (QED) is 0.619. The van der Waals surface area contributed by atoms with Gasteiger partial charge in [-0.2, -0.15) is 17.6 Å². The summed E-state index contributed by atoms with van der Waals surface area (Å²) in [5, 5.41) is 0. The lowest BCUT2D eigenvalue weighted by atomic mass is 9.99. The van der Waals surface area contributed by atoms with Crippen LogP contribution in [-0.4, -0.2) is 18.5 Å². The highest BCUT2D eigenvalue weighted by Gasteiger charge is 2.57. The summed E-state index contributed by atoms with van der Waals surface area (Å²) < 4.78 is 73.0. The Balaban J connectivity index is 4.79. The van der Waals surface area contributed by atoms with Crippen LogP contribution in [0.3, 0.4) is 0 Å². The molecule has 13 heavy (non-hydrogen) atoms. The molecule has 0 aromatic rings. The Labute approximate surface area is 71.2 Å². The summed E-state index contributed by atoms with van der Waals surface area (Å²) in [4.78, 5) is 0. The summed E-state index contributed by atoms with van der Waals surface area (Å²) in [5.74, 6) is -11.4. The van der Waals surface area contributed by atoms with Gasteiger partial charge in [0.25, 0.3) is 0 Å². The molecule has 0 aliphatic carbocycles. The van der Waals surface area contributed by atoms with Crippen LogP contribution in [0, 0.1) is 5.92 Å². The average molecular weight is 206 g/mol. The van der Waals surface area contributed by atoms with Gasteiger partial charge in [-0.1, -0.05) is 6.92 Å². The van der Waals surface area contributed by atoms with E-state index in [2.05, 4.69) is 0 Å². The molecule has 0 spiro atoms. The van der Waals surface area contributed by atoms with Crippen molar-refractivity contribution in [1.29, 1.82) is 0 Å². The van der Waals surface area contributed by atoms with Crippen molar-refractivity contribution in [2.24, 2.45) is 5.92 Å². The predicted molar refractivity (Wildman–Crippen MR) is 35.3 cm³/mol. The van der Waals surface area contributed by atoms with E-state index in [-0.39, 0.29) is 0 Å². The Bertz CT molecular complexity index is 185. The molecule has 0 saturated carbocycles. The first-order valence-electron chi connectivity index (χ1n) is 3.39. The van der Waals surface area contributed by atoms with E-state index in [9.17, 15) is 26.3 Å². The number of halogens is 6. The molecule has 6 heteroatoms. The minimum Gasteiger partial charge on any atom is -0.251 e. The fourth-order valence-electron chi connectivity index (χ4n) is 0.616. The average Bonchev–Trinajstić information content (AvgIpc) is 2.02.